The smallest absolute Gasteiger partial charge is 0.221 e. The highest BCUT2D eigenvalue weighted by Crippen LogP contribution is 2.19. The van der Waals surface area contributed by atoms with Gasteiger partial charge >= 0.3 is 0 Å². The summed E-state index contributed by atoms with van der Waals surface area (Å²) in [5.74, 6) is 0.265. The number of nitrogens with two attached hydrogens (primary N) is 1. The predicted octanol–water partition coefficient (Wildman–Crippen LogP) is 0.440. The molecule has 5 nitrogen and oxygen atoms in total. The summed E-state index contributed by atoms with van der Waals surface area (Å²) in [7, 11) is -1.24. The van der Waals surface area contributed by atoms with Gasteiger partial charge in [-0.3, -0.25) is 14.0 Å². The molecule has 1 aliphatic carbocycles. The van der Waals surface area contributed by atoms with Gasteiger partial charge in [0, 0.05) is 24.4 Å². The maximum atomic E-state index is 11.9. The van der Waals surface area contributed by atoms with E-state index in [-0.39, 0.29) is 12.3 Å². The van der Waals surface area contributed by atoms with E-state index in [1.807, 2.05) is 0 Å². The first kappa shape index (κ1) is 12.0. The van der Waals surface area contributed by atoms with Gasteiger partial charge in [-0.05, 0) is 18.9 Å². The van der Waals surface area contributed by atoms with E-state index in [2.05, 4.69) is 10.3 Å². The summed E-state index contributed by atoms with van der Waals surface area (Å²) >= 11 is 0. The van der Waals surface area contributed by atoms with E-state index in [9.17, 15) is 9.00 Å². The molecule has 0 spiro atoms. The lowest BCUT2D eigenvalue weighted by Crippen LogP contribution is -2.26. The molecule has 3 N–H and O–H groups in total. The van der Waals surface area contributed by atoms with Gasteiger partial charge in [0.25, 0.3) is 0 Å². The molecule has 1 amide bonds. The van der Waals surface area contributed by atoms with Crippen molar-refractivity contribution in [3.8, 4) is 0 Å². The molecule has 1 saturated carbocycles. The van der Waals surface area contributed by atoms with Gasteiger partial charge < -0.3 is 11.1 Å². The van der Waals surface area contributed by atoms with E-state index in [1.165, 1.54) is 6.20 Å². The number of hydrogen-bond acceptors (Lipinski definition) is 4. The van der Waals surface area contributed by atoms with Crippen molar-refractivity contribution in [3.63, 3.8) is 0 Å². The van der Waals surface area contributed by atoms with Crippen LogP contribution < -0.4 is 11.1 Å². The van der Waals surface area contributed by atoms with Crippen molar-refractivity contribution in [2.24, 2.45) is 0 Å². The molecule has 6 heteroatoms. The molecule has 1 fully saturated rings. The van der Waals surface area contributed by atoms with Crippen LogP contribution in [0.25, 0.3) is 0 Å². The Hall–Kier alpha value is -1.43. The predicted molar refractivity (Wildman–Crippen MR) is 65.7 cm³/mol. The highest BCUT2D eigenvalue weighted by Gasteiger charge is 2.23. The molecule has 1 aliphatic rings. The lowest BCUT2D eigenvalue weighted by atomic mass is 10.4. The van der Waals surface area contributed by atoms with Crippen LogP contribution in [0.4, 0.5) is 5.69 Å². The Labute approximate surface area is 102 Å². The monoisotopic (exact) mass is 253 g/mol. The van der Waals surface area contributed by atoms with Crippen molar-refractivity contribution in [2.75, 3.05) is 11.5 Å². The zero-order valence-electron chi connectivity index (χ0n) is 9.39. The zero-order chi connectivity index (χ0) is 12.3. The van der Waals surface area contributed by atoms with Gasteiger partial charge in [0.15, 0.2) is 0 Å². The first-order valence-corrected chi connectivity index (χ1v) is 6.86. The maximum Gasteiger partial charge on any atom is 0.221 e. The molecular formula is C11H15N3O2S. The second kappa shape index (κ2) is 5.27. The van der Waals surface area contributed by atoms with Crippen molar-refractivity contribution in [1.29, 1.82) is 0 Å². The minimum absolute atomic E-state index is 0.0338. The van der Waals surface area contributed by atoms with Gasteiger partial charge in [0.2, 0.25) is 5.91 Å². The van der Waals surface area contributed by atoms with E-state index >= 15 is 0 Å². The van der Waals surface area contributed by atoms with Gasteiger partial charge in [-0.25, -0.2) is 0 Å². The number of nitrogens with one attached hydrogen (secondary N) is 1. The Kier molecular flexibility index (Phi) is 3.73. The van der Waals surface area contributed by atoms with Crippen LogP contribution >= 0.6 is 0 Å². The maximum absolute atomic E-state index is 11.9. The molecule has 1 aromatic rings. The molecule has 1 unspecified atom stereocenters. The topological polar surface area (TPSA) is 85.1 Å². The molecule has 2 rings (SSSR count). The second-order valence-corrected chi connectivity index (χ2v) is 5.59. The van der Waals surface area contributed by atoms with Gasteiger partial charge in [-0.15, -0.1) is 0 Å². The van der Waals surface area contributed by atoms with E-state index in [4.69, 9.17) is 5.73 Å². The molecular weight excluding hydrogens is 238 g/mol. The summed E-state index contributed by atoms with van der Waals surface area (Å²) in [6.45, 7) is 0. The summed E-state index contributed by atoms with van der Waals surface area (Å²) in [6.07, 6.45) is 5.41. The van der Waals surface area contributed by atoms with Crippen LogP contribution in [0.2, 0.25) is 0 Å². The molecule has 0 aromatic carbocycles. The number of hydrogen-bond donors (Lipinski definition) is 2. The minimum atomic E-state index is -1.24. The van der Waals surface area contributed by atoms with Crippen LogP contribution in [0, 0.1) is 0 Å². The van der Waals surface area contributed by atoms with Gasteiger partial charge in [0.1, 0.15) is 0 Å². The first-order valence-electron chi connectivity index (χ1n) is 5.54. The van der Waals surface area contributed by atoms with Crippen LogP contribution in [0.15, 0.2) is 23.4 Å². The molecule has 0 aliphatic heterocycles. The van der Waals surface area contributed by atoms with Crippen molar-refractivity contribution >= 4 is 22.4 Å². The van der Waals surface area contributed by atoms with Gasteiger partial charge in [-0.1, -0.05) is 0 Å². The highest BCUT2D eigenvalue weighted by molar-refractivity contribution is 7.85. The van der Waals surface area contributed by atoms with Crippen molar-refractivity contribution in [1.82, 2.24) is 10.3 Å². The quantitative estimate of drug-likeness (QED) is 0.797. The number of aromatic nitrogens is 1. The number of carbonyl (C=O) groups excluding carboxylic acids is 1. The Morgan fingerprint density at radius 2 is 2.35 bits per heavy atom. The largest absolute Gasteiger partial charge is 0.396 e. The summed E-state index contributed by atoms with van der Waals surface area (Å²) < 4.78 is 11.9. The standard InChI is InChI=1S/C11H15N3O2S/c12-9-7-13-5-3-10(9)17(16)6-4-11(15)14-8-1-2-8/h3,5,7-8H,1-2,4,6,12H2,(H,14,15). The average Bonchev–Trinajstić information content (AvgIpc) is 3.10. The highest BCUT2D eigenvalue weighted by atomic mass is 32.2. The molecule has 92 valence electrons. The number of anilines is 1. The average molecular weight is 253 g/mol. The molecule has 0 saturated heterocycles. The van der Waals surface area contributed by atoms with E-state index < -0.39 is 10.8 Å². The van der Waals surface area contributed by atoms with Crippen LogP contribution in [-0.2, 0) is 15.6 Å². The SMILES string of the molecule is Nc1cnccc1S(=O)CCC(=O)NC1CC1. The number of rotatable bonds is 5. The van der Waals surface area contributed by atoms with Crippen molar-refractivity contribution in [2.45, 2.75) is 30.2 Å². The van der Waals surface area contributed by atoms with Crippen LogP contribution in [0.5, 0.6) is 0 Å². The number of nitrogen functional groups attached to an aromatic ring is 1. The molecule has 1 heterocycles. The fourth-order valence-electron chi connectivity index (χ4n) is 1.42. The molecule has 1 aromatic heterocycles. The Balaban J connectivity index is 1.84. The third-order valence-electron chi connectivity index (χ3n) is 2.51. The first-order chi connectivity index (χ1) is 8.16. The lowest BCUT2D eigenvalue weighted by Gasteiger charge is -2.05. The molecule has 0 radical (unpaired) electrons. The number of pyridine rings is 1. The van der Waals surface area contributed by atoms with Crippen molar-refractivity contribution < 1.29 is 9.00 Å². The molecule has 17 heavy (non-hydrogen) atoms. The summed E-state index contributed by atoms with van der Waals surface area (Å²) in [5.41, 5.74) is 6.07. The zero-order valence-corrected chi connectivity index (χ0v) is 10.2. The Morgan fingerprint density at radius 1 is 1.59 bits per heavy atom. The molecule has 0 bridgehead atoms. The number of amides is 1. The second-order valence-electron chi connectivity index (χ2n) is 4.05. The third-order valence-corrected chi connectivity index (χ3v) is 3.95. The van der Waals surface area contributed by atoms with Crippen LogP contribution in [0.3, 0.4) is 0 Å². The fraction of sp³-hybridized carbons (Fsp3) is 0.455. The summed E-state index contributed by atoms with van der Waals surface area (Å²) in [4.78, 5) is 15.8. The normalized spacial score (nSPS) is 16.5. The fourth-order valence-corrected chi connectivity index (χ4v) is 2.54. The summed E-state index contributed by atoms with van der Waals surface area (Å²) in [5, 5.41) is 2.86. The van der Waals surface area contributed by atoms with Crippen LogP contribution in [-0.4, -0.2) is 26.9 Å². The third kappa shape index (κ3) is 3.52. The van der Waals surface area contributed by atoms with E-state index in [1.54, 1.807) is 12.3 Å². The molecule has 1 atom stereocenters. The van der Waals surface area contributed by atoms with Crippen LogP contribution in [0.1, 0.15) is 19.3 Å². The number of carbonyl (C=O) groups is 1. The van der Waals surface area contributed by atoms with Crippen molar-refractivity contribution in [3.05, 3.63) is 18.5 Å². The summed E-state index contributed by atoms with van der Waals surface area (Å²) in [6, 6.07) is 1.98. The Morgan fingerprint density at radius 3 is 3.00 bits per heavy atom. The van der Waals surface area contributed by atoms with Gasteiger partial charge in [-0.2, -0.15) is 0 Å². The minimum Gasteiger partial charge on any atom is -0.396 e. The Bertz CT molecular complexity index is 446. The van der Waals surface area contributed by atoms with Gasteiger partial charge in [0.05, 0.1) is 27.6 Å². The van der Waals surface area contributed by atoms with E-state index in [0.29, 0.717) is 22.4 Å². The lowest BCUT2D eigenvalue weighted by molar-refractivity contribution is -0.120. The number of nitrogens with zero attached hydrogens (tertiary/aromatic N) is 1. The van der Waals surface area contributed by atoms with E-state index in [0.717, 1.165) is 12.8 Å².